The largest absolute Gasteiger partial charge is 0.508 e. The summed E-state index contributed by atoms with van der Waals surface area (Å²) in [6.07, 6.45) is -0.0291. The van der Waals surface area contributed by atoms with Crippen LogP contribution in [0, 0.1) is 0 Å². The smallest absolute Gasteiger partial charge is 0.375 e. The van der Waals surface area contributed by atoms with Gasteiger partial charge >= 0.3 is 11.9 Å². The number of carbonyl (C=O) groups is 2. The van der Waals surface area contributed by atoms with Crippen molar-refractivity contribution in [2.45, 2.75) is 44.0 Å². The molecule has 0 saturated heterocycles. The highest BCUT2D eigenvalue weighted by Gasteiger charge is 2.55. The Morgan fingerprint density at radius 2 is 1.88 bits per heavy atom. The number of hydrogen-bond acceptors (Lipinski definition) is 8. The van der Waals surface area contributed by atoms with Gasteiger partial charge in [0.05, 0.1) is 18.3 Å². The molecule has 2 heterocycles. The van der Waals surface area contributed by atoms with Crippen LogP contribution in [0.1, 0.15) is 30.5 Å². The summed E-state index contributed by atoms with van der Waals surface area (Å²) in [7, 11) is 1.17. The van der Waals surface area contributed by atoms with Gasteiger partial charge in [-0.15, -0.1) is 0 Å². The van der Waals surface area contributed by atoms with E-state index in [1.807, 2.05) is 6.07 Å². The van der Waals surface area contributed by atoms with Gasteiger partial charge in [0.25, 0.3) is 0 Å². The standard InChI is InChI=1S/C24H24O8/c1-23(2,29)18-11-15-10-13(4-9-17(15)31-18)12-24(22(28)30-3)19(20(26)21(27)32-24)14-5-7-16(25)8-6-14/h4-10,18,25-26,29H,11-12H2,1-3H3/t18-,24-/m0/s1. The first-order valence-electron chi connectivity index (χ1n) is 10.1. The van der Waals surface area contributed by atoms with Gasteiger partial charge in [-0.2, -0.15) is 0 Å². The summed E-state index contributed by atoms with van der Waals surface area (Å²) in [5, 5.41) is 30.4. The topological polar surface area (TPSA) is 123 Å². The molecular formula is C24H24O8. The predicted molar refractivity (Wildman–Crippen MR) is 113 cm³/mol. The maximum atomic E-state index is 12.9. The number of cyclic esters (lactones) is 1. The van der Waals surface area contributed by atoms with Crippen LogP contribution < -0.4 is 4.74 Å². The Bertz CT molecular complexity index is 1110. The minimum Gasteiger partial charge on any atom is -0.508 e. The number of phenols is 1. The van der Waals surface area contributed by atoms with Crippen molar-refractivity contribution in [3.05, 3.63) is 64.9 Å². The Morgan fingerprint density at radius 1 is 1.19 bits per heavy atom. The van der Waals surface area contributed by atoms with Crippen molar-refractivity contribution in [3.8, 4) is 11.5 Å². The summed E-state index contributed by atoms with van der Waals surface area (Å²) in [5.41, 5.74) is -1.14. The van der Waals surface area contributed by atoms with Gasteiger partial charge in [-0.05, 0) is 48.7 Å². The number of aliphatic hydroxyl groups is 2. The lowest BCUT2D eigenvalue weighted by atomic mass is 9.83. The van der Waals surface area contributed by atoms with Gasteiger partial charge in [0, 0.05) is 12.8 Å². The van der Waals surface area contributed by atoms with E-state index < -0.39 is 35.0 Å². The molecule has 0 aromatic heterocycles. The van der Waals surface area contributed by atoms with Crippen LogP contribution in [0.2, 0.25) is 0 Å². The lowest BCUT2D eigenvalue weighted by Gasteiger charge is -2.28. The molecule has 2 aromatic carbocycles. The second-order valence-corrected chi connectivity index (χ2v) is 8.56. The third-order valence-corrected chi connectivity index (χ3v) is 5.81. The minimum atomic E-state index is -1.91. The normalized spacial score (nSPS) is 22.4. The summed E-state index contributed by atoms with van der Waals surface area (Å²) in [4.78, 5) is 25.3. The van der Waals surface area contributed by atoms with E-state index in [4.69, 9.17) is 14.2 Å². The van der Waals surface area contributed by atoms with Gasteiger partial charge in [-0.1, -0.05) is 24.3 Å². The molecule has 0 spiro atoms. The quantitative estimate of drug-likeness (QED) is 0.606. The van der Waals surface area contributed by atoms with Crippen LogP contribution >= 0.6 is 0 Å². The van der Waals surface area contributed by atoms with E-state index in [0.29, 0.717) is 23.3 Å². The van der Waals surface area contributed by atoms with E-state index in [-0.39, 0.29) is 17.7 Å². The van der Waals surface area contributed by atoms with Gasteiger partial charge in [0.1, 0.15) is 17.6 Å². The van der Waals surface area contributed by atoms with Crippen LogP contribution in [-0.4, -0.2) is 51.7 Å². The van der Waals surface area contributed by atoms with Gasteiger partial charge in [-0.25, -0.2) is 9.59 Å². The van der Waals surface area contributed by atoms with E-state index in [0.717, 1.165) is 5.56 Å². The molecule has 2 aliphatic rings. The third kappa shape index (κ3) is 3.56. The first-order valence-corrected chi connectivity index (χ1v) is 10.1. The fourth-order valence-electron chi connectivity index (χ4n) is 4.15. The van der Waals surface area contributed by atoms with E-state index in [9.17, 15) is 24.9 Å². The Morgan fingerprint density at radius 3 is 2.50 bits per heavy atom. The zero-order valence-electron chi connectivity index (χ0n) is 17.9. The van der Waals surface area contributed by atoms with Crippen LogP contribution in [0.25, 0.3) is 5.57 Å². The number of methoxy groups -OCH3 is 1. The molecule has 2 atom stereocenters. The van der Waals surface area contributed by atoms with E-state index >= 15 is 0 Å². The zero-order valence-corrected chi connectivity index (χ0v) is 17.9. The number of carbonyl (C=O) groups excluding carboxylic acids is 2. The SMILES string of the molecule is COC(=O)[C@@]1(Cc2ccc3c(c2)C[C@@H](C(C)(C)O)O3)OC(=O)C(O)=C1c1ccc(O)cc1. The van der Waals surface area contributed by atoms with Gasteiger partial charge in [0.15, 0.2) is 0 Å². The lowest BCUT2D eigenvalue weighted by Crippen LogP contribution is -2.44. The second kappa shape index (κ2) is 7.56. The highest BCUT2D eigenvalue weighted by Crippen LogP contribution is 2.43. The summed E-state index contributed by atoms with van der Waals surface area (Å²) >= 11 is 0. The molecule has 0 saturated carbocycles. The van der Waals surface area contributed by atoms with Crippen LogP contribution in [-0.2, 0) is 31.9 Å². The summed E-state index contributed by atoms with van der Waals surface area (Å²) < 4.78 is 16.2. The summed E-state index contributed by atoms with van der Waals surface area (Å²) in [6, 6.07) is 11.0. The van der Waals surface area contributed by atoms with Crippen LogP contribution in [0.4, 0.5) is 0 Å². The number of ether oxygens (including phenoxy) is 3. The number of fused-ring (bicyclic) bond motifs is 1. The molecule has 3 N–H and O–H groups in total. The number of benzene rings is 2. The van der Waals surface area contributed by atoms with Gasteiger partial charge in [-0.3, -0.25) is 0 Å². The molecule has 0 amide bonds. The number of hydrogen-bond donors (Lipinski definition) is 3. The second-order valence-electron chi connectivity index (χ2n) is 8.56. The molecule has 0 aliphatic carbocycles. The Kier molecular flexibility index (Phi) is 5.13. The molecular weight excluding hydrogens is 416 g/mol. The Balaban J connectivity index is 1.75. The van der Waals surface area contributed by atoms with Crippen molar-refractivity contribution in [3.63, 3.8) is 0 Å². The highest BCUT2D eigenvalue weighted by atomic mass is 16.6. The summed E-state index contributed by atoms with van der Waals surface area (Å²) in [5.74, 6) is -1.95. The number of esters is 2. The van der Waals surface area contributed by atoms with Crippen molar-refractivity contribution in [1.82, 2.24) is 0 Å². The molecule has 4 rings (SSSR count). The number of aromatic hydroxyl groups is 1. The van der Waals surface area contributed by atoms with Crippen LogP contribution in [0.3, 0.4) is 0 Å². The molecule has 0 bridgehead atoms. The average molecular weight is 440 g/mol. The molecule has 0 unspecified atom stereocenters. The lowest BCUT2D eigenvalue weighted by molar-refractivity contribution is -0.169. The zero-order chi connectivity index (χ0) is 23.3. The molecule has 8 nitrogen and oxygen atoms in total. The van der Waals surface area contributed by atoms with Crippen molar-refractivity contribution in [2.24, 2.45) is 0 Å². The number of rotatable bonds is 5. The van der Waals surface area contributed by atoms with E-state index in [1.165, 1.54) is 31.4 Å². The molecule has 0 fully saturated rings. The monoisotopic (exact) mass is 440 g/mol. The number of aliphatic hydroxyl groups excluding tert-OH is 1. The molecule has 0 radical (unpaired) electrons. The van der Waals surface area contributed by atoms with Crippen molar-refractivity contribution >= 4 is 17.5 Å². The maximum absolute atomic E-state index is 12.9. The molecule has 8 heteroatoms. The van der Waals surface area contributed by atoms with Gasteiger partial charge < -0.3 is 29.5 Å². The first-order chi connectivity index (χ1) is 15.0. The van der Waals surface area contributed by atoms with Crippen molar-refractivity contribution in [1.29, 1.82) is 0 Å². The fraction of sp³-hybridized carbons (Fsp3) is 0.333. The van der Waals surface area contributed by atoms with Crippen molar-refractivity contribution in [2.75, 3.05) is 7.11 Å². The van der Waals surface area contributed by atoms with Gasteiger partial charge in [0.2, 0.25) is 11.4 Å². The predicted octanol–water partition coefficient (Wildman–Crippen LogP) is 2.45. The van der Waals surface area contributed by atoms with Crippen LogP contribution in [0.5, 0.6) is 11.5 Å². The van der Waals surface area contributed by atoms with E-state index in [1.54, 1.807) is 26.0 Å². The first kappa shape index (κ1) is 21.7. The van der Waals surface area contributed by atoms with Crippen LogP contribution in [0.15, 0.2) is 48.2 Å². The maximum Gasteiger partial charge on any atom is 0.375 e. The van der Waals surface area contributed by atoms with Crippen molar-refractivity contribution < 1.29 is 39.1 Å². The molecule has 32 heavy (non-hydrogen) atoms. The number of phenolic OH excluding ortho intramolecular Hbond substituents is 1. The van der Waals surface area contributed by atoms with E-state index in [2.05, 4.69) is 0 Å². The Labute approximate surface area is 184 Å². The Hall–Kier alpha value is -3.52. The molecule has 2 aromatic rings. The summed E-state index contributed by atoms with van der Waals surface area (Å²) in [6.45, 7) is 3.35. The fourth-order valence-corrected chi connectivity index (χ4v) is 4.15. The highest BCUT2D eigenvalue weighted by molar-refractivity contribution is 6.11. The average Bonchev–Trinajstić information content (AvgIpc) is 3.28. The third-order valence-electron chi connectivity index (χ3n) is 5.81. The molecule has 2 aliphatic heterocycles. The molecule has 168 valence electrons. The minimum absolute atomic E-state index is 0.0114.